The first-order valence-electron chi connectivity index (χ1n) is 12.6. The summed E-state index contributed by atoms with van der Waals surface area (Å²) in [6.45, 7) is 11.7. The Bertz CT molecular complexity index is 1010. The van der Waals surface area contributed by atoms with Gasteiger partial charge in [0, 0.05) is 43.8 Å². The summed E-state index contributed by atoms with van der Waals surface area (Å²) in [7, 11) is 0. The van der Waals surface area contributed by atoms with Crippen molar-refractivity contribution in [3.05, 3.63) is 72.2 Å². The van der Waals surface area contributed by atoms with Crippen molar-refractivity contribution >= 4 is 16.6 Å². The molecule has 0 N–H and O–H groups in total. The third-order valence-corrected chi connectivity index (χ3v) is 7.46. The van der Waals surface area contributed by atoms with Crippen LogP contribution in [-0.4, -0.2) is 42.1 Å². The van der Waals surface area contributed by atoms with Gasteiger partial charge in [-0.2, -0.15) is 0 Å². The van der Waals surface area contributed by atoms with E-state index in [0.717, 1.165) is 55.8 Å². The summed E-state index contributed by atoms with van der Waals surface area (Å²) in [6, 6.07) is 7.85. The minimum atomic E-state index is -0.185. The second kappa shape index (κ2) is 11.1. The predicted octanol–water partition coefficient (Wildman–Crippen LogP) is 6.91. The van der Waals surface area contributed by atoms with Crippen LogP contribution in [-0.2, 0) is 0 Å². The molecule has 0 unspecified atom stereocenters. The Morgan fingerprint density at radius 1 is 1.06 bits per heavy atom. The lowest BCUT2D eigenvalue weighted by molar-refractivity contribution is 0.136. The largest absolute Gasteiger partial charge is 0.367 e. The summed E-state index contributed by atoms with van der Waals surface area (Å²) >= 11 is 0. The molecule has 2 aliphatic carbocycles. The van der Waals surface area contributed by atoms with Gasteiger partial charge in [-0.1, -0.05) is 25.2 Å². The molecule has 0 spiro atoms. The molecule has 0 bridgehead atoms. The maximum Gasteiger partial charge on any atom is 0.132 e. The van der Waals surface area contributed by atoms with Crippen LogP contribution >= 0.6 is 0 Å². The van der Waals surface area contributed by atoms with E-state index >= 15 is 0 Å². The number of allylic oxidation sites excluding steroid dienone is 5. The zero-order valence-corrected chi connectivity index (χ0v) is 20.3. The lowest BCUT2D eigenvalue weighted by Crippen LogP contribution is -2.51. The van der Waals surface area contributed by atoms with Crippen molar-refractivity contribution in [2.45, 2.75) is 58.4 Å². The van der Waals surface area contributed by atoms with Gasteiger partial charge in [0.2, 0.25) is 0 Å². The smallest absolute Gasteiger partial charge is 0.132 e. The lowest BCUT2D eigenvalue weighted by Gasteiger charge is -2.43. The van der Waals surface area contributed by atoms with Gasteiger partial charge in [-0.05, 0) is 86.8 Å². The van der Waals surface area contributed by atoms with Crippen LogP contribution < -0.4 is 4.90 Å². The number of pyridine rings is 1. The summed E-state index contributed by atoms with van der Waals surface area (Å²) in [6.07, 6.45) is 16.0. The van der Waals surface area contributed by atoms with Crippen molar-refractivity contribution in [2.24, 2.45) is 5.92 Å². The second-order valence-corrected chi connectivity index (χ2v) is 9.38. The Morgan fingerprint density at radius 3 is 2.48 bits per heavy atom. The number of piperazine rings is 1. The molecule has 0 radical (unpaired) electrons. The van der Waals surface area contributed by atoms with Gasteiger partial charge in [-0.25, -0.2) is 4.39 Å². The average molecular weight is 448 g/mol. The molecule has 5 rings (SSSR count). The molecule has 0 atom stereocenters. The van der Waals surface area contributed by atoms with E-state index in [4.69, 9.17) is 0 Å². The lowest BCUT2D eigenvalue weighted by atomic mass is 9.79. The summed E-state index contributed by atoms with van der Waals surface area (Å²) in [5, 5.41) is 0.623. The fraction of sp³-hybridized carbons (Fsp3) is 0.483. The van der Waals surface area contributed by atoms with Gasteiger partial charge in [-0.15, -0.1) is 6.58 Å². The Labute approximate surface area is 198 Å². The Morgan fingerprint density at radius 2 is 1.79 bits per heavy atom. The second-order valence-electron chi connectivity index (χ2n) is 9.38. The highest BCUT2D eigenvalue weighted by Gasteiger charge is 2.31. The van der Waals surface area contributed by atoms with Crippen LogP contribution in [0, 0.1) is 11.7 Å². The third-order valence-electron chi connectivity index (χ3n) is 7.46. The number of halogens is 1. The summed E-state index contributed by atoms with van der Waals surface area (Å²) in [5.74, 6) is 0.601. The Kier molecular flexibility index (Phi) is 7.97. The van der Waals surface area contributed by atoms with Gasteiger partial charge in [0.1, 0.15) is 5.82 Å². The van der Waals surface area contributed by atoms with Crippen molar-refractivity contribution in [1.29, 1.82) is 0 Å². The quantitative estimate of drug-likeness (QED) is 0.475. The molecule has 1 aromatic carbocycles. The van der Waals surface area contributed by atoms with E-state index in [1.165, 1.54) is 32.1 Å². The fourth-order valence-corrected chi connectivity index (χ4v) is 5.81. The number of anilines is 1. The molecule has 33 heavy (non-hydrogen) atoms. The summed E-state index contributed by atoms with van der Waals surface area (Å²) in [4.78, 5) is 9.57. The number of nitrogens with zero attached hydrogens (tertiary/aromatic N) is 3. The molecular formula is C29H38FN3. The van der Waals surface area contributed by atoms with Crippen molar-refractivity contribution in [3.8, 4) is 0 Å². The molecule has 3 nitrogen and oxygen atoms in total. The van der Waals surface area contributed by atoms with Crippen LogP contribution in [0.1, 0.15) is 52.4 Å². The van der Waals surface area contributed by atoms with Gasteiger partial charge in [0.05, 0.1) is 11.2 Å². The standard InChI is InChI=1S/C26H32FN3.C3H6/c1-2-19-5-3-6-22(19)20-8-10-21(11-9-20)29-15-17-30(18-16-29)25-13-12-24(27)23-7-4-14-28-26(23)25;1-3-2/h4-7,12-14,20-21H,2-3,8-11,15-18H2,1H3;3H,1H2,2H3. The summed E-state index contributed by atoms with van der Waals surface area (Å²) < 4.78 is 14.2. The van der Waals surface area contributed by atoms with Crippen molar-refractivity contribution in [2.75, 3.05) is 31.1 Å². The summed E-state index contributed by atoms with van der Waals surface area (Å²) in [5.41, 5.74) is 5.13. The molecule has 4 heteroatoms. The average Bonchev–Trinajstić information content (AvgIpc) is 3.34. The number of aromatic nitrogens is 1. The highest BCUT2D eigenvalue weighted by Crippen LogP contribution is 2.39. The maximum absolute atomic E-state index is 14.2. The van der Waals surface area contributed by atoms with Gasteiger partial charge >= 0.3 is 0 Å². The van der Waals surface area contributed by atoms with Crippen LogP contribution in [0.2, 0.25) is 0 Å². The molecule has 1 aromatic heterocycles. The van der Waals surface area contributed by atoms with Gasteiger partial charge in [0.25, 0.3) is 0 Å². The van der Waals surface area contributed by atoms with Crippen LogP contribution in [0.25, 0.3) is 10.9 Å². The molecule has 2 heterocycles. The number of rotatable bonds is 4. The van der Waals surface area contributed by atoms with E-state index in [1.54, 1.807) is 29.5 Å². The number of hydrogen-bond acceptors (Lipinski definition) is 3. The topological polar surface area (TPSA) is 19.4 Å². The number of fused-ring (bicyclic) bond motifs is 1. The first-order valence-corrected chi connectivity index (χ1v) is 12.6. The van der Waals surface area contributed by atoms with Crippen LogP contribution in [0.4, 0.5) is 10.1 Å². The van der Waals surface area contributed by atoms with Crippen LogP contribution in [0.3, 0.4) is 0 Å². The molecule has 1 aliphatic heterocycles. The van der Waals surface area contributed by atoms with E-state index in [-0.39, 0.29) is 5.82 Å². The highest BCUT2D eigenvalue weighted by atomic mass is 19.1. The van der Waals surface area contributed by atoms with Gasteiger partial charge in [0.15, 0.2) is 0 Å². The maximum atomic E-state index is 14.2. The van der Waals surface area contributed by atoms with E-state index in [9.17, 15) is 4.39 Å². The molecule has 2 fully saturated rings. The monoisotopic (exact) mass is 447 g/mol. The van der Waals surface area contributed by atoms with E-state index in [1.807, 2.05) is 25.1 Å². The first-order chi connectivity index (χ1) is 16.2. The zero-order valence-electron chi connectivity index (χ0n) is 20.3. The van der Waals surface area contributed by atoms with Gasteiger partial charge in [-0.3, -0.25) is 9.88 Å². The first kappa shape index (κ1) is 23.7. The number of benzene rings is 1. The molecule has 1 saturated heterocycles. The molecule has 0 amide bonds. The Balaban J connectivity index is 0.000000821. The van der Waals surface area contributed by atoms with E-state index in [2.05, 4.69) is 40.4 Å². The minimum absolute atomic E-state index is 0.185. The SMILES string of the molecule is C=CC.CCC1=CCC=C1C1CCC(N2CCN(c3ccc(F)c4cccnc34)CC2)CC1. The van der Waals surface area contributed by atoms with Gasteiger partial charge < -0.3 is 4.90 Å². The zero-order chi connectivity index (χ0) is 23.2. The molecular weight excluding hydrogens is 409 g/mol. The fourth-order valence-electron chi connectivity index (χ4n) is 5.81. The molecule has 176 valence electrons. The van der Waals surface area contributed by atoms with Crippen molar-refractivity contribution in [1.82, 2.24) is 9.88 Å². The van der Waals surface area contributed by atoms with Crippen molar-refractivity contribution < 1.29 is 4.39 Å². The highest BCUT2D eigenvalue weighted by molar-refractivity contribution is 5.91. The minimum Gasteiger partial charge on any atom is -0.367 e. The van der Waals surface area contributed by atoms with Crippen LogP contribution in [0.5, 0.6) is 0 Å². The number of hydrogen-bond donors (Lipinski definition) is 0. The van der Waals surface area contributed by atoms with E-state index < -0.39 is 0 Å². The molecule has 1 saturated carbocycles. The normalized spacial score (nSPS) is 23.5. The predicted molar refractivity (Wildman–Crippen MR) is 138 cm³/mol. The van der Waals surface area contributed by atoms with Crippen LogP contribution in [0.15, 0.2) is 66.4 Å². The third kappa shape index (κ3) is 5.22. The van der Waals surface area contributed by atoms with E-state index in [0.29, 0.717) is 5.39 Å². The van der Waals surface area contributed by atoms with Crippen molar-refractivity contribution in [3.63, 3.8) is 0 Å². The molecule has 3 aliphatic rings. The Hall–Kier alpha value is -2.46. The molecule has 2 aromatic rings.